The van der Waals surface area contributed by atoms with Gasteiger partial charge in [-0.05, 0) is 32.4 Å². The zero-order chi connectivity index (χ0) is 17.6. The van der Waals surface area contributed by atoms with Gasteiger partial charge in [0.05, 0.1) is 11.9 Å². The number of anilines is 1. The number of hydrogen-bond acceptors (Lipinski definition) is 4. The van der Waals surface area contributed by atoms with Crippen LogP contribution in [0.25, 0.3) is 0 Å². The maximum Gasteiger partial charge on any atom is 0.232 e. The molecule has 0 aliphatic carbocycles. The number of Topliss-reactive ketones (excluding diaryl/α,β-unsaturated/α-hetero) is 1. The fraction of sp³-hybridized carbons (Fsp3) is 0.500. The van der Waals surface area contributed by atoms with Crippen LogP contribution in [0, 0.1) is 0 Å². The Bertz CT molecular complexity index is 670. The number of carbonyl (C=O) groups excluding carboxylic acids is 2. The van der Waals surface area contributed by atoms with Crippen molar-refractivity contribution in [3.8, 4) is 0 Å². The third kappa shape index (κ3) is 6.02. The molecule has 7 heteroatoms. The Hall–Kier alpha value is -1.89. The van der Waals surface area contributed by atoms with E-state index in [1.54, 1.807) is 18.2 Å². The summed E-state index contributed by atoms with van der Waals surface area (Å²) in [6, 6.07) is 6.44. The average molecular weight is 340 g/mol. The second kappa shape index (κ2) is 8.10. The Morgan fingerprint density at radius 3 is 2.48 bits per heavy atom. The van der Waals surface area contributed by atoms with Crippen molar-refractivity contribution in [1.29, 1.82) is 0 Å². The molecule has 0 bridgehead atoms. The summed E-state index contributed by atoms with van der Waals surface area (Å²) >= 11 is 0. The van der Waals surface area contributed by atoms with E-state index in [4.69, 9.17) is 0 Å². The second-order valence-electron chi connectivity index (χ2n) is 5.57. The molecule has 0 saturated heterocycles. The molecule has 1 N–H and O–H groups in total. The molecule has 0 radical (unpaired) electrons. The summed E-state index contributed by atoms with van der Waals surface area (Å²) in [4.78, 5) is 23.3. The number of ketones is 1. The molecule has 0 heterocycles. The molecule has 1 aromatic rings. The average Bonchev–Trinajstić information content (AvgIpc) is 2.46. The Morgan fingerprint density at radius 2 is 1.96 bits per heavy atom. The van der Waals surface area contributed by atoms with Gasteiger partial charge in [0.15, 0.2) is 5.78 Å². The van der Waals surface area contributed by atoms with Crippen LogP contribution in [0.1, 0.15) is 44.0 Å². The van der Waals surface area contributed by atoms with Crippen LogP contribution >= 0.6 is 0 Å². The Kier molecular flexibility index (Phi) is 6.75. The quantitative estimate of drug-likeness (QED) is 0.733. The SMILES string of the molecule is CCC(C)NC(=O)CCN(c1cccc(C(C)=O)c1)S(C)(=O)=O. The predicted molar refractivity (Wildman–Crippen MR) is 91.1 cm³/mol. The maximum absolute atomic E-state index is 12.0. The van der Waals surface area contributed by atoms with Gasteiger partial charge in [0.25, 0.3) is 0 Å². The Labute approximate surface area is 137 Å². The van der Waals surface area contributed by atoms with Gasteiger partial charge in [0, 0.05) is 24.6 Å². The van der Waals surface area contributed by atoms with E-state index in [9.17, 15) is 18.0 Å². The monoisotopic (exact) mass is 340 g/mol. The lowest BCUT2D eigenvalue weighted by molar-refractivity contribution is -0.121. The van der Waals surface area contributed by atoms with Gasteiger partial charge in [0.1, 0.15) is 0 Å². The first-order valence-corrected chi connectivity index (χ1v) is 9.38. The number of hydrogen-bond donors (Lipinski definition) is 1. The van der Waals surface area contributed by atoms with Crippen molar-refractivity contribution in [3.63, 3.8) is 0 Å². The van der Waals surface area contributed by atoms with Gasteiger partial charge >= 0.3 is 0 Å². The van der Waals surface area contributed by atoms with Gasteiger partial charge in [-0.3, -0.25) is 13.9 Å². The fourth-order valence-electron chi connectivity index (χ4n) is 2.02. The van der Waals surface area contributed by atoms with Gasteiger partial charge in [0.2, 0.25) is 15.9 Å². The lowest BCUT2D eigenvalue weighted by Crippen LogP contribution is -2.37. The molecule has 0 aromatic heterocycles. The highest BCUT2D eigenvalue weighted by atomic mass is 32.2. The van der Waals surface area contributed by atoms with E-state index < -0.39 is 10.0 Å². The van der Waals surface area contributed by atoms with Gasteiger partial charge in [-0.2, -0.15) is 0 Å². The third-order valence-corrected chi connectivity index (χ3v) is 4.70. The molecule has 1 unspecified atom stereocenters. The molecule has 1 amide bonds. The molecule has 0 aliphatic heterocycles. The number of carbonyl (C=O) groups is 2. The smallest absolute Gasteiger partial charge is 0.232 e. The predicted octanol–water partition coefficient (Wildman–Crippen LogP) is 1.96. The standard InChI is InChI=1S/C16H24N2O4S/c1-5-12(2)17-16(20)9-10-18(23(4,21)22)15-8-6-7-14(11-15)13(3)19/h6-8,11-12H,5,9-10H2,1-4H3,(H,17,20). The number of sulfonamides is 1. The molecular formula is C16H24N2O4S. The van der Waals surface area contributed by atoms with Crippen LogP contribution in [0.5, 0.6) is 0 Å². The minimum atomic E-state index is -3.55. The van der Waals surface area contributed by atoms with Gasteiger partial charge < -0.3 is 5.32 Å². The molecule has 6 nitrogen and oxygen atoms in total. The van der Waals surface area contributed by atoms with E-state index in [1.165, 1.54) is 13.0 Å². The first-order chi connectivity index (χ1) is 10.6. The highest BCUT2D eigenvalue weighted by Crippen LogP contribution is 2.20. The van der Waals surface area contributed by atoms with E-state index >= 15 is 0 Å². The molecule has 1 atom stereocenters. The fourth-order valence-corrected chi connectivity index (χ4v) is 2.94. The van der Waals surface area contributed by atoms with Gasteiger partial charge in [-0.1, -0.05) is 19.1 Å². The number of nitrogens with zero attached hydrogens (tertiary/aromatic N) is 1. The van der Waals surface area contributed by atoms with Crippen LogP contribution in [0.15, 0.2) is 24.3 Å². The van der Waals surface area contributed by atoms with Crippen molar-refractivity contribution in [2.75, 3.05) is 17.1 Å². The van der Waals surface area contributed by atoms with Crippen molar-refractivity contribution < 1.29 is 18.0 Å². The first kappa shape index (κ1) is 19.2. The van der Waals surface area contributed by atoms with Crippen LogP contribution < -0.4 is 9.62 Å². The lowest BCUT2D eigenvalue weighted by atomic mass is 10.1. The summed E-state index contributed by atoms with van der Waals surface area (Å²) in [6.07, 6.45) is 1.95. The summed E-state index contributed by atoms with van der Waals surface area (Å²) in [7, 11) is -3.55. The molecule has 1 aromatic carbocycles. The first-order valence-electron chi connectivity index (χ1n) is 7.53. The van der Waals surface area contributed by atoms with Crippen LogP contribution in [0.3, 0.4) is 0 Å². The van der Waals surface area contributed by atoms with Gasteiger partial charge in [-0.15, -0.1) is 0 Å². The second-order valence-corrected chi connectivity index (χ2v) is 7.48. The summed E-state index contributed by atoms with van der Waals surface area (Å²) in [5, 5.41) is 2.80. The lowest BCUT2D eigenvalue weighted by Gasteiger charge is -2.23. The number of rotatable bonds is 8. The topological polar surface area (TPSA) is 83.6 Å². The minimum absolute atomic E-state index is 0.0302. The van der Waals surface area contributed by atoms with Crippen molar-refractivity contribution in [2.24, 2.45) is 0 Å². The molecule has 1 rings (SSSR count). The maximum atomic E-state index is 12.0. The van der Waals surface area contributed by atoms with Gasteiger partial charge in [-0.25, -0.2) is 8.42 Å². The van der Waals surface area contributed by atoms with E-state index in [2.05, 4.69) is 5.32 Å². The van der Waals surface area contributed by atoms with Crippen LogP contribution in [0.4, 0.5) is 5.69 Å². The summed E-state index contributed by atoms with van der Waals surface area (Å²) in [5.74, 6) is -0.342. The van der Waals surface area contributed by atoms with E-state index in [0.29, 0.717) is 11.3 Å². The Balaban J connectivity index is 2.93. The zero-order valence-electron chi connectivity index (χ0n) is 14.0. The normalized spacial score (nSPS) is 12.5. The van der Waals surface area contributed by atoms with Crippen LogP contribution in [-0.2, 0) is 14.8 Å². The van der Waals surface area contributed by atoms with Crippen LogP contribution in [0.2, 0.25) is 0 Å². The number of nitrogens with one attached hydrogen (secondary N) is 1. The summed E-state index contributed by atoms with van der Waals surface area (Å²) in [6.45, 7) is 5.30. The summed E-state index contributed by atoms with van der Waals surface area (Å²) < 4.78 is 25.2. The molecule has 0 saturated carbocycles. The molecular weight excluding hydrogens is 316 g/mol. The Morgan fingerprint density at radius 1 is 1.30 bits per heavy atom. The molecule has 128 valence electrons. The molecule has 0 fully saturated rings. The van der Waals surface area contributed by atoms with Crippen molar-refractivity contribution in [2.45, 2.75) is 39.7 Å². The number of amides is 1. The van der Waals surface area contributed by atoms with Crippen molar-refractivity contribution in [1.82, 2.24) is 5.32 Å². The van der Waals surface area contributed by atoms with E-state index in [-0.39, 0.29) is 30.7 Å². The van der Waals surface area contributed by atoms with Crippen LogP contribution in [-0.4, -0.2) is 39.0 Å². The van der Waals surface area contributed by atoms with E-state index in [1.807, 2.05) is 13.8 Å². The van der Waals surface area contributed by atoms with E-state index in [0.717, 1.165) is 17.0 Å². The highest BCUT2D eigenvalue weighted by molar-refractivity contribution is 7.92. The highest BCUT2D eigenvalue weighted by Gasteiger charge is 2.19. The molecule has 0 spiro atoms. The molecule has 23 heavy (non-hydrogen) atoms. The van der Waals surface area contributed by atoms with Crippen molar-refractivity contribution >= 4 is 27.4 Å². The third-order valence-electron chi connectivity index (χ3n) is 3.50. The zero-order valence-corrected chi connectivity index (χ0v) is 14.8. The largest absolute Gasteiger partial charge is 0.354 e. The number of benzene rings is 1. The molecule has 0 aliphatic rings. The van der Waals surface area contributed by atoms with Crippen molar-refractivity contribution in [3.05, 3.63) is 29.8 Å². The minimum Gasteiger partial charge on any atom is -0.354 e. The summed E-state index contributed by atoms with van der Waals surface area (Å²) in [5.41, 5.74) is 0.816.